The zero-order chi connectivity index (χ0) is 20.1. The van der Waals surface area contributed by atoms with Crippen molar-refractivity contribution in [2.45, 2.75) is 12.8 Å². The molecule has 144 valence electrons. The molecule has 2 aromatic carbocycles. The average Bonchev–Trinajstić information content (AvgIpc) is 3.10. The Kier molecular flexibility index (Phi) is 5.54. The number of H-pyrrole nitrogens is 1. The molecule has 0 radical (unpaired) electrons. The van der Waals surface area contributed by atoms with Gasteiger partial charge in [-0.15, -0.1) is 0 Å². The summed E-state index contributed by atoms with van der Waals surface area (Å²) in [5.41, 5.74) is 4.23. The maximum atomic E-state index is 12.0. The van der Waals surface area contributed by atoms with Gasteiger partial charge in [-0.25, -0.2) is 5.43 Å². The summed E-state index contributed by atoms with van der Waals surface area (Å²) in [6, 6.07) is 10.3. The second-order valence-electron chi connectivity index (χ2n) is 6.00. The van der Waals surface area contributed by atoms with E-state index in [0.29, 0.717) is 12.0 Å². The number of aromatic amines is 1. The first-order valence-electron chi connectivity index (χ1n) is 8.42. The number of aromatic hydroxyl groups is 1. The van der Waals surface area contributed by atoms with Crippen molar-refractivity contribution in [3.63, 3.8) is 0 Å². The third-order valence-corrected chi connectivity index (χ3v) is 4.19. The van der Waals surface area contributed by atoms with Crippen molar-refractivity contribution >= 4 is 28.7 Å². The fourth-order valence-electron chi connectivity index (χ4n) is 2.80. The Hall–Kier alpha value is -3.88. The Labute approximate surface area is 159 Å². The van der Waals surface area contributed by atoms with Gasteiger partial charge in [-0.1, -0.05) is 18.2 Å². The molecule has 1 heterocycles. The predicted octanol–water partition coefficient (Wildman–Crippen LogP) is 2.87. The molecule has 0 saturated carbocycles. The van der Waals surface area contributed by atoms with Gasteiger partial charge in [0.2, 0.25) is 11.7 Å². The van der Waals surface area contributed by atoms with E-state index in [1.807, 2.05) is 30.5 Å². The normalized spacial score (nSPS) is 11.0. The van der Waals surface area contributed by atoms with Gasteiger partial charge in [0.05, 0.1) is 18.2 Å². The maximum Gasteiger partial charge on any atom is 0.315 e. The molecule has 3 N–H and O–H groups in total. The van der Waals surface area contributed by atoms with E-state index >= 15 is 0 Å². The highest BCUT2D eigenvalue weighted by atomic mass is 16.6. The Bertz CT molecular complexity index is 1060. The number of nitro benzene ring substituents is 1. The van der Waals surface area contributed by atoms with E-state index in [0.717, 1.165) is 22.5 Å². The average molecular weight is 382 g/mol. The van der Waals surface area contributed by atoms with Gasteiger partial charge >= 0.3 is 5.69 Å². The number of fused-ring (bicyclic) bond motifs is 1. The molecule has 1 aromatic heterocycles. The Morgan fingerprint density at radius 2 is 2.18 bits per heavy atom. The highest BCUT2D eigenvalue weighted by Crippen LogP contribution is 2.36. The fourth-order valence-corrected chi connectivity index (χ4v) is 2.80. The van der Waals surface area contributed by atoms with Gasteiger partial charge in [0.25, 0.3) is 0 Å². The Morgan fingerprint density at radius 3 is 2.93 bits per heavy atom. The van der Waals surface area contributed by atoms with Gasteiger partial charge in [0.15, 0.2) is 5.75 Å². The van der Waals surface area contributed by atoms with E-state index in [1.54, 1.807) is 0 Å². The quantitative estimate of drug-likeness (QED) is 0.329. The van der Waals surface area contributed by atoms with Crippen molar-refractivity contribution in [1.82, 2.24) is 10.4 Å². The number of amides is 1. The number of methoxy groups -OCH3 is 1. The van der Waals surface area contributed by atoms with Crippen molar-refractivity contribution in [2.75, 3.05) is 7.11 Å². The molecule has 0 atom stereocenters. The van der Waals surface area contributed by atoms with Gasteiger partial charge in [-0.3, -0.25) is 14.9 Å². The van der Waals surface area contributed by atoms with E-state index in [-0.39, 0.29) is 18.1 Å². The summed E-state index contributed by atoms with van der Waals surface area (Å²) >= 11 is 0. The molecule has 3 rings (SSSR count). The first-order chi connectivity index (χ1) is 13.5. The Balaban J connectivity index is 1.62. The lowest BCUT2D eigenvalue weighted by molar-refractivity contribution is -0.386. The summed E-state index contributed by atoms with van der Waals surface area (Å²) < 4.78 is 4.91. The number of phenols is 1. The third-order valence-electron chi connectivity index (χ3n) is 4.19. The van der Waals surface area contributed by atoms with Crippen LogP contribution in [-0.4, -0.2) is 34.2 Å². The van der Waals surface area contributed by atoms with Crippen LogP contribution in [0.4, 0.5) is 5.69 Å². The fraction of sp³-hybridized carbons (Fsp3) is 0.158. The van der Waals surface area contributed by atoms with Gasteiger partial charge in [-0.05, 0) is 24.1 Å². The molecular formula is C19H18N4O5. The number of carbonyl (C=O) groups excluding carboxylic acids is 1. The molecule has 9 heteroatoms. The largest absolute Gasteiger partial charge is 0.500 e. The second kappa shape index (κ2) is 8.21. The second-order valence-corrected chi connectivity index (χ2v) is 6.00. The zero-order valence-corrected chi connectivity index (χ0v) is 15.0. The van der Waals surface area contributed by atoms with Crippen LogP contribution in [0.25, 0.3) is 10.9 Å². The number of aryl methyl sites for hydroxylation is 1. The molecule has 28 heavy (non-hydrogen) atoms. The third kappa shape index (κ3) is 4.09. The molecule has 3 aromatic rings. The smallest absolute Gasteiger partial charge is 0.315 e. The number of nitrogens with zero attached hydrogens (tertiary/aromatic N) is 2. The van der Waals surface area contributed by atoms with Crippen LogP contribution in [0, 0.1) is 10.1 Å². The summed E-state index contributed by atoms with van der Waals surface area (Å²) in [7, 11) is 1.28. The predicted molar refractivity (Wildman–Crippen MR) is 104 cm³/mol. The monoisotopic (exact) mass is 382 g/mol. The van der Waals surface area contributed by atoms with Crippen LogP contribution in [0.2, 0.25) is 0 Å². The van der Waals surface area contributed by atoms with Crippen LogP contribution < -0.4 is 10.2 Å². The van der Waals surface area contributed by atoms with E-state index in [1.165, 1.54) is 19.4 Å². The Morgan fingerprint density at radius 1 is 1.39 bits per heavy atom. The first-order valence-corrected chi connectivity index (χ1v) is 8.42. The van der Waals surface area contributed by atoms with E-state index in [9.17, 15) is 20.0 Å². The number of aromatic nitrogens is 1. The number of ether oxygens (including phenoxy) is 1. The van der Waals surface area contributed by atoms with Crippen molar-refractivity contribution in [3.05, 3.63) is 63.8 Å². The number of phenolic OH excluding ortho intramolecular Hbond substituents is 1. The van der Waals surface area contributed by atoms with Crippen LogP contribution in [-0.2, 0) is 11.2 Å². The minimum absolute atomic E-state index is 0.0543. The molecule has 0 aliphatic carbocycles. The molecule has 0 aliphatic rings. The van der Waals surface area contributed by atoms with Crippen LogP contribution in [0.5, 0.6) is 11.5 Å². The number of hydrogen-bond acceptors (Lipinski definition) is 6. The highest BCUT2D eigenvalue weighted by Gasteiger charge is 2.19. The van der Waals surface area contributed by atoms with E-state index < -0.39 is 16.4 Å². The summed E-state index contributed by atoms with van der Waals surface area (Å²) in [4.78, 5) is 25.4. The number of carbonyl (C=O) groups is 1. The lowest BCUT2D eigenvalue weighted by atomic mass is 10.1. The standard InChI is InChI=1S/C19H18N4O5/c1-28-17-9-12(8-16(19(17)25)23(26)27)10-21-22-18(24)7-6-13-11-20-15-5-3-2-4-14(13)15/h2-5,8-11,20,25H,6-7H2,1H3,(H,22,24)/b21-10-. The van der Waals surface area contributed by atoms with E-state index in [4.69, 9.17) is 4.74 Å². The molecule has 9 nitrogen and oxygen atoms in total. The number of hydrazone groups is 1. The molecule has 0 unspecified atom stereocenters. The number of hydrogen-bond donors (Lipinski definition) is 3. The summed E-state index contributed by atoms with van der Waals surface area (Å²) in [5, 5.41) is 25.6. The molecule has 0 saturated heterocycles. The SMILES string of the molecule is COc1cc(/C=N\NC(=O)CCc2c[nH]c3ccccc23)cc([N+](=O)[O-])c1O. The number of benzene rings is 2. The minimum atomic E-state index is -0.727. The van der Waals surface area contributed by atoms with Crippen LogP contribution >= 0.6 is 0 Å². The van der Waals surface area contributed by atoms with Crippen molar-refractivity contribution in [1.29, 1.82) is 0 Å². The molecule has 0 spiro atoms. The lowest BCUT2D eigenvalue weighted by Gasteiger charge is -2.05. The van der Waals surface area contributed by atoms with Crippen molar-refractivity contribution < 1.29 is 19.6 Å². The zero-order valence-electron chi connectivity index (χ0n) is 15.0. The molecule has 0 aliphatic heterocycles. The first kappa shape index (κ1) is 18.9. The summed E-state index contributed by atoms with van der Waals surface area (Å²) in [5.74, 6) is -0.907. The van der Waals surface area contributed by atoms with E-state index in [2.05, 4.69) is 15.5 Å². The summed E-state index contributed by atoms with van der Waals surface area (Å²) in [6.07, 6.45) is 3.91. The van der Waals surface area contributed by atoms with Crippen molar-refractivity contribution in [2.24, 2.45) is 5.10 Å². The van der Waals surface area contributed by atoms with Crippen LogP contribution in [0.1, 0.15) is 17.5 Å². The number of para-hydroxylation sites is 1. The molecule has 1 amide bonds. The van der Waals surface area contributed by atoms with Gasteiger partial charge in [0.1, 0.15) is 0 Å². The summed E-state index contributed by atoms with van der Waals surface area (Å²) in [6.45, 7) is 0. The maximum absolute atomic E-state index is 12.0. The lowest BCUT2D eigenvalue weighted by Crippen LogP contribution is -2.17. The highest BCUT2D eigenvalue weighted by molar-refractivity contribution is 5.86. The van der Waals surface area contributed by atoms with Crippen LogP contribution in [0.3, 0.4) is 0 Å². The molecule has 0 fully saturated rings. The number of nitrogens with one attached hydrogen (secondary N) is 2. The minimum Gasteiger partial charge on any atom is -0.500 e. The molecule has 0 bridgehead atoms. The van der Waals surface area contributed by atoms with Gasteiger partial charge < -0.3 is 14.8 Å². The van der Waals surface area contributed by atoms with Gasteiger partial charge in [0, 0.05) is 35.2 Å². The number of nitro groups is 1. The van der Waals surface area contributed by atoms with Crippen LogP contribution in [0.15, 0.2) is 47.7 Å². The number of rotatable bonds is 7. The van der Waals surface area contributed by atoms with Gasteiger partial charge in [-0.2, -0.15) is 5.10 Å². The topological polar surface area (TPSA) is 130 Å². The van der Waals surface area contributed by atoms with Crippen molar-refractivity contribution in [3.8, 4) is 11.5 Å². The molecular weight excluding hydrogens is 364 g/mol.